The van der Waals surface area contributed by atoms with Gasteiger partial charge in [-0.2, -0.15) is 11.8 Å². The van der Waals surface area contributed by atoms with Crippen LogP contribution in [0.1, 0.15) is 19.3 Å². The molecule has 2 nitrogen and oxygen atoms in total. The van der Waals surface area contributed by atoms with Crippen molar-refractivity contribution in [3.8, 4) is 0 Å². The molecule has 1 aliphatic rings. The number of hydrogen-bond donors (Lipinski definition) is 0. The normalized spacial score (nSPS) is 15.8. The molecule has 0 saturated heterocycles. The predicted octanol–water partition coefficient (Wildman–Crippen LogP) is 1.97. The van der Waals surface area contributed by atoms with Gasteiger partial charge in [-0.1, -0.05) is 0 Å². The Kier molecular flexibility index (Phi) is 4.96. The Bertz CT molecular complexity index is 173. The van der Waals surface area contributed by atoms with E-state index in [2.05, 4.69) is 0 Å². The van der Waals surface area contributed by atoms with Gasteiger partial charge in [-0.3, -0.25) is 4.79 Å². The van der Waals surface area contributed by atoms with Gasteiger partial charge in [-0.15, -0.1) is 11.6 Å². The number of thioether (sulfide) groups is 1. The van der Waals surface area contributed by atoms with E-state index in [0.29, 0.717) is 18.3 Å². The molecular formula is C9H16ClNOS. The van der Waals surface area contributed by atoms with E-state index in [1.54, 1.807) is 11.8 Å². The van der Waals surface area contributed by atoms with Gasteiger partial charge in [-0.05, 0) is 19.1 Å². The highest BCUT2D eigenvalue weighted by molar-refractivity contribution is 7.98. The molecule has 1 fully saturated rings. The minimum absolute atomic E-state index is 0.275. The first-order valence-electron chi connectivity index (χ1n) is 4.64. The first kappa shape index (κ1) is 11.2. The first-order valence-corrected chi connectivity index (χ1v) is 6.56. The van der Waals surface area contributed by atoms with Crippen molar-refractivity contribution in [1.29, 1.82) is 0 Å². The molecule has 0 N–H and O–H groups in total. The highest BCUT2D eigenvalue weighted by atomic mass is 35.5. The van der Waals surface area contributed by atoms with Crippen molar-refractivity contribution >= 4 is 29.3 Å². The van der Waals surface area contributed by atoms with Crippen LogP contribution < -0.4 is 0 Å². The first-order chi connectivity index (χ1) is 6.29. The maximum absolute atomic E-state index is 11.6. The lowest BCUT2D eigenvalue weighted by atomic mass is 10.3. The smallest absolute Gasteiger partial charge is 0.223 e. The zero-order valence-corrected chi connectivity index (χ0v) is 9.53. The van der Waals surface area contributed by atoms with Gasteiger partial charge in [-0.25, -0.2) is 0 Å². The van der Waals surface area contributed by atoms with Crippen molar-refractivity contribution in [3.05, 3.63) is 0 Å². The maximum Gasteiger partial charge on any atom is 0.223 e. The van der Waals surface area contributed by atoms with Crippen LogP contribution in [-0.4, -0.2) is 41.3 Å². The van der Waals surface area contributed by atoms with Crippen LogP contribution in [0.15, 0.2) is 0 Å². The second-order valence-electron chi connectivity index (χ2n) is 3.25. The number of alkyl halides is 1. The molecule has 0 spiro atoms. The van der Waals surface area contributed by atoms with E-state index in [1.165, 1.54) is 12.8 Å². The van der Waals surface area contributed by atoms with E-state index >= 15 is 0 Å². The quantitative estimate of drug-likeness (QED) is 0.640. The lowest BCUT2D eigenvalue weighted by Gasteiger charge is -2.20. The maximum atomic E-state index is 11.6. The molecule has 0 radical (unpaired) electrons. The zero-order valence-electron chi connectivity index (χ0n) is 7.96. The zero-order chi connectivity index (χ0) is 9.68. The van der Waals surface area contributed by atoms with Gasteiger partial charge in [0.25, 0.3) is 0 Å². The predicted molar refractivity (Wildman–Crippen MR) is 58.5 cm³/mol. The molecule has 0 aromatic rings. The fourth-order valence-electron chi connectivity index (χ4n) is 1.32. The van der Waals surface area contributed by atoms with E-state index in [9.17, 15) is 4.79 Å². The average molecular weight is 222 g/mol. The summed E-state index contributed by atoms with van der Waals surface area (Å²) in [4.78, 5) is 13.6. The Morgan fingerprint density at radius 3 is 2.77 bits per heavy atom. The molecule has 4 heteroatoms. The summed E-state index contributed by atoms with van der Waals surface area (Å²) in [5.74, 6) is 1.75. The number of carbonyl (C=O) groups excluding carboxylic acids is 1. The number of halogens is 1. The summed E-state index contributed by atoms with van der Waals surface area (Å²) in [5, 5.41) is 0. The summed E-state index contributed by atoms with van der Waals surface area (Å²) in [5.41, 5.74) is 0. The van der Waals surface area contributed by atoms with Crippen LogP contribution in [0.4, 0.5) is 0 Å². The molecule has 0 aromatic carbocycles. The Balaban J connectivity index is 2.29. The number of nitrogens with zero attached hydrogens (tertiary/aromatic N) is 1. The molecule has 0 aromatic heterocycles. The van der Waals surface area contributed by atoms with Crippen molar-refractivity contribution in [2.75, 3.05) is 24.4 Å². The van der Waals surface area contributed by atoms with Crippen molar-refractivity contribution in [2.45, 2.75) is 25.3 Å². The lowest BCUT2D eigenvalue weighted by Crippen LogP contribution is -2.34. The van der Waals surface area contributed by atoms with Crippen LogP contribution in [-0.2, 0) is 4.79 Å². The van der Waals surface area contributed by atoms with Gasteiger partial charge in [0, 0.05) is 30.6 Å². The van der Waals surface area contributed by atoms with E-state index in [0.717, 1.165) is 12.3 Å². The summed E-state index contributed by atoms with van der Waals surface area (Å²) >= 11 is 7.36. The highest BCUT2D eigenvalue weighted by Crippen LogP contribution is 2.27. The fraction of sp³-hybridized carbons (Fsp3) is 0.889. The molecule has 0 aliphatic heterocycles. The number of carbonyl (C=O) groups is 1. The summed E-state index contributed by atoms with van der Waals surface area (Å²) in [6.07, 6.45) is 5.02. The van der Waals surface area contributed by atoms with Crippen LogP contribution >= 0.6 is 23.4 Å². The Morgan fingerprint density at radius 1 is 1.62 bits per heavy atom. The largest absolute Gasteiger partial charge is 0.338 e. The molecule has 13 heavy (non-hydrogen) atoms. The van der Waals surface area contributed by atoms with Crippen LogP contribution in [0.2, 0.25) is 0 Å². The molecule has 0 atom stereocenters. The summed E-state index contributed by atoms with van der Waals surface area (Å²) in [6, 6.07) is 0.508. The number of rotatable bonds is 6. The molecule has 1 rings (SSSR count). The second-order valence-corrected chi connectivity index (χ2v) is 4.61. The third-order valence-corrected chi connectivity index (χ3v) is 2.93. The van der Waals surface area contributed by atoms with Crippen molar-refractivity contribution in [2.24, 2.45) is 0 Å². The average Bonchev–Trinajstić information content (AvgIpc) is 2.93. The van der Waals surface area contributed by atoms with Gasteiger partial charge in [0.2, 0.25) is 5.91 Å². The number of hydrogen-bond acceptors (Lipinski definition) is 2. The highest BCUT2D eigenvalue weighted by Gasteiger charge is 2.31. The van der Waals surface area contributed by atoms with Crippen molar-refractivity contribution in [3.63, 3.8) is 0 Å². The molecule has 0 heterocycles. The van der Waals surface area contributed by atoms with Crippen LogP contribution in [0.5, 0.6) is 0 Å². The van der Waals surface area contributed by atoms with E-state index in [1.807, 2.05) is 11.2 Å². The van der Waals surface area contributed by atoms with Crippen LogP contribution in [0.25, 0.3) is 0 Å². The molecule has 1 aliphatic carbocycles. The summed E-state index contributed by atoms with van der Waals surface area (Å²) < 4.78 is 0. The topological polar surface area (TPSA) is 20.3 Å². The molecular weight excluding hydrogens is 206 g/mol. The Labute approximate surface area is 89.0 Å². The third-order valence-electron chi connectivity index (χ3n) is 2.15. The monoisotopic (exact) mass is 221 g/mol. The van der Waals surface area contributed by atoms with E-state index < -0.39 is 0 Å². The van der Waals surface area contributed by atoms with Crippen molar-refractivity contribution < 1.29 is 4.79 Å². The minimum Gasteiger partial charge on any atom is -0.338 e. The van der Waals surface area contributed by atoms with Crippen LogP contribution in [0.3, 0.4) is 0 Å². The van der Waals surface area contributed by atoms with Gasteiger partial charge in [0.15, 0.2) is 0 Å². The third kappa shape index (κ3) is 3.77. The van der Waals surface area contributed by atoms with E-state index in [-0.39, 0.29) is 5.91 Å². The molecule has 1 amide bonds. The standard InChI is InChI=1S/C9H16ClNOS/c1-13-7-4-9(12)11(6-5-10)8-2-3-8/h8H,2-7H2,1H3. The van der Waals surface area contributed by atoms with Crippen molar-refractivity contribution in [1.82, 2.24) is 4.90 Å². The molecule has 76 valence electrons. The SMILES string of the molecule is CSCCC(=O)N(CCCl)C1CC1. The Morgan fingerprint density at radius 2 is 2.31 bits per heavy atom. The molecule has 0 bridgehead atoms. The Hall–Kier alpha value is 0.110. The van der Waals surface area contributed by atoms with Gasteiger partial charge < -0.3 is 4.90 Å². The summed E-state index contributed by atoms with van der Waals surface area (Å²) in [6.45, 7) is 0.722. The van der Waals surface area contributed by atoms with Gasteiger partial charge in [0.05, 0.1) is 0 Å². The summed E-state index contributed by atoms with van der Waals surface area (Å²) in [7, 11) is 0. The number of amides is 1. The van der Waals surface area contributed by atoms with Gasteiger partial charge in [0.1, 0.15) is 0 Å². The fourth-order valence-corrected chi connectivity index (χ4v) is 1.88. The second kappa shape index (κ2) is 5.76. The van der Waals surface area contributed by atoms with Crippen LogP contribution in [0, 0.1) is 0 Å². The molecule has 0 unspecified atom stereocenters. The minimum atomic E-state index is 0.275. The molecule has 1 saturated carbocycles. The van der Waals surface area contributed by atoms with Gasteiger partial charge >= 0.3 is 0 Å². The lowest BCUT2D eigenvalue weighted by molar-refractivity contribution is -0.131. The van der Waals surface area contributed by atoms with E-state index in [4.69, 9.17) is 11.6 Å².